The summed E-state index contributed by atoms with van der Waals surface area (Å²) in [7, 11) is 0. The molecule has 1 aromatic rings. The highest BCUT2D eigenvalue weighted by Crippen LogP contribution is 2.05. The number of hydrogen-bond acceptors (Lipinski definition) is 3. The van der Waals surface area contributed by atoms with Gasteiger partial charge in [0.2, 0.25) is 0 Å². The van der Waals surface area contributed by atoms with Crippen molar-refractivity contribution in [2.75, 3.05) is 26.2 Å². The predicted molar refractivity (Wildman–Crippen MR) is 60.9 cm³/mol. The molecule has 1 fully saturated rings. The standard InChI is InChI=1S/C12H20N2O/c1-11-10-14(7-3-6-13-11)8-5-12-4-2-9-15-12/h2,4,9,11,13H,3,5-8,10H2,1H3. The maximum absolute atomic E-state index is 5.34. The molecule has 0 aliphatic carbocycles. The third-order valence-corrected chi connectivity index (χ3v) is 2.93. The Kier molecular flexibility index (Phi) is 3.80. The van der Waals surface area contributed by atoms with Gasteiger partial charge in [0.05, 0.1) is 6.26 Å². The molecule has 1 aromatic heterocycles. The summed E-state index contributed by atoms with van der Waals surface area (Å²) in [6.45, 7) is 6.88. The van der Waals surface area contributed by atoms with E-state index in [-0.39, 0.29) is 0 Å². The summed E-state index contributed by atoms with van der Waals surface area (Å²) in [5.41, 5.74) is 0. The van der Waals surface area contributed by atoms with E-state index >= 15 is 0 Å². The van der Waals surface area contributed by atoms with E-state index in [1.807, 2.05) is 6.07 Å². The Labute approximate surface area is 91.4 Å². The molecule has 2 rings (SSSR count). The molecule has 1 unspecified atom stereocenters. The SMILES string of the molecule is CC1CN(CCc2ccco2)CCCN1. The van der Waals surface area contributed by atoms with Gasteiger partial charge >= 0.3 is 0 Å². The second-order valence-corrected chi connectivity index (χ2v) is 4.34. The first-order chi connectivity index (χ1) is 7.34. The van der Waals surface area contributed by atoms with Crippen molar-refractivity contribution in [1.82, 2.24) is 10.2 Å². The minimum atomic E-state index is 0.615. The van der Waals surface area contributed by atoms with Gasteiger partial charge in [-0.2, -0.15) is 0 Å². The van der Waals surface area contributed by atoms with Crippen molar-refractivity contribution in [2.24, 2.45) is 0 Å². The molecule has 0 radical (unpaired) electrons. The molecule has 3 heteroatoms. The molecule has 1 aliphatic heterocycles. The van der Waals surface area contributed by atoms with Crippen LogP contribution in [0.15, 0.2) is 22.8 Å². The van der Waals surface area contributed by atoms with Crippen molar-refractivity contribution in [1.29, 1.82) is 0 Å². The Morgan fingerprint density at radius 2 is 2.53 bits per heavy atom. The third kappa shape index (κ3) is 3.36. The fraction of sp³-hybridized carbons (Fsp3) is 0.667. The second-order valence-electron chi connectivity index (χ2n) is 4.34. The van der Waals surface area contributed by atoms with Gasteiger partial charge in [0, 0.05) is 25.6 Å². The molecule has 3 nitrogen and oxygen atoms in total. The number of hydrogen-bond donors (Lipinski definition) is 1. The fourth-order valence-corrected chi connectivity index (χ4v) is 2.12. The zero-order chi connectivity index (χ0) is 10.5. The van der Waals surface area contributed by atoms with Gasteiger partial charge in [0.25, 0.3) is 0 Å². The summed E-state index contributed by atoms with van der Waals surface area (Å²) < 4.78 is 5.34. The van der Waals surface area contributed by atoms with Crippen LogP contribution in [0.3, 0.4) is 0 Å². The van der Waals surface area contributed by atoms with Gasteiger partial charge in [0.15, 0.2) is 0 Å². The summed E-state index contributed by atoms with van der Waals surface area (Å²) in [4.78, 5) is 2.52. The summed E-state index contributed by atoms with van der Waals surface area (Å²) >= 11 is 0. The van der Waals surface area contributed by atoms with Crippen molar-refractivity contribution >= 4 is 0 Å². The molecule has 0 saturated carbocycles. The lowest BCUT2D eigenvalue weighted by molar-refractivity contribution is 0.269. The van der Waals surface area contributed by atoms with Gasteiger partial charge in [-0.3, -0.25) is 0 Å². The molecule has 2 heterocycles. The Balaban J connectivity index is 1.78. The zero-order valence-electron chi connectivity index (χ0n) is 9.41. The molecular formula is C12H20N2O. The van der Waals surface area contributed by atoms with Gasteiger partial charge in [0.1, 0.15) is 5.76 Å². The minimum absolute atomic E-state index is 0.615. The second kappa shape index (κ2) is 5.33. The van der Waals surface area contributed by atoms with Crippen molar-refractivity contribution in [3.8, 4) is 0 Å². The highest BCUT2D eigenvalue weighted by Gasteiger charge is 2.13. The summed E-state index contributed by atoms with van der Waals surface area (Å²) in [6, 6.07) is 4.63. The molecule has 1 aliphatic rings. The first-order valence-electron chi connectivity index (χ1n) is 5.83. The first kappa shape index (κ1) is 10.7. The van der Waals surface area contributed by atoms with Crippen LogP contribution in [0.25, 0.3) is 0 Å². The van der Waals surface area contributed by atoms with E-state index in [0.29, 0.717) is 6.04 Å². The number of nitrogens with one attached hydrogen (secondary N) is 1. The van der Waals surface area contributed by atoms with E-state index in [0.717, 1.165) is 31.8 Å². The monoisotopic (exact) mass is 208 g/mol. The normalized spacial score (nSPS) is 23.9. The van der Waals surface area contributed by atoms with Crippen LogP contribution in [0.5, 0.6) is 0 Å². The molecule has 15 heavy (non-hydrogen) atoms. The minimum Gasteiger partial charge on any atom is -0.469 e. The average Bonchev–Trinajstić information content (AvgIpc) is 2.65. The lowest BCUT2D eigenvalue weighted by Crippen LogP contribution is -2.36. The average molecular weight is 208 g/mol. The third-order valence-electron chi connectivity index (χ3n) is 2.93. The van der Waals surface area contributed by atoms with Crippen molar-refractivity contribution in [3.05, 3.63) is 24.2 Å². The van der Waals surface area contributed by atoms with Gasteiger partial charge in [-0.1, -0.05) is 0 Å². The van der Waals surface area contributed by atoms with Crippen LogP contribution < -0.4 is 5.32 Å². The Morgan fingerprint density at radius 3 is 3.33 bits per heavy atom. The van der Waals surface area contributed by atoms with Crippen LogP contribution in [-0.4, -0.2) is 37.1 Å². The van der Waals surface area contributed by atoms with E-state index in [2.05, 4.69) is 23.2 Å². The van der Waals surface area contributed by atoms with Crippen LogP contribution >= 0.6 is 0 Å². The lowest BCUT2D eigenvalue weighted by atomic mass is 10.2. The summed E-state index contributed by atoms with van der Waals surface area (Å²) in [6.07, 6.45) is 4.03. The number of furan rings is 1. The lowest BCUT2D eigenvalue weighted by Gasteiger charge is -2.21. The molecule has 1 saturated heterocycles. The highest BCUT2D eigenvalue weighted by molar-refractivity contribution is 4.98. The molecule has 84 valence electrons. The van der Waals surface area contributed by atoms with Gasteiger partial charge in [-0.15, -0.1) is 0 Å². The van der Waals surface area contributed by atoms with Crippen LogP contribution in [0.2, 0.25) is 0 Å². The first-order valence-corrected chi connectivity index (χ1v) is 5.83. The quantitative estimate of drug-likeness (QED) is 0.816. The number of rotatable bonds is 3. The fourth-order valence-electron chi connectivity index (χ4n) is 2.12. The summed E-state index contributed by atoms with van der Waals surface area (Å²) in [5.74, 6) is 1.10. The molecular weight excluding hydrogens is 188 g/mol. The van der Waals surface area contributed by atoms with E-state index in [1.165, 1.54) is 13.0 Å². The molecule has 0 amide bonds. The topological polar surface area (TPSA) is 28.4 Å². The maximum Gasteiger partial charge on any atom is 0.105 e. The van der Waals surface area contributed by atoms with Gasteiger partial charge < -0.3 is 14.6 Å². The van der Waals surface area contributed by atoms with Gasteiger partial charge in [-0.05, 0) is 38.6 Å². The van der Waals surface area contributed by atoms with E-state index < -0.39 is 0 Å². The van der Waals surface area contributed by atoms with Crippen molar-refractivity contribution in [3.63, 3.8) is 0 Å². The zero-order valence-corrected chi connectivity index (χ0v) is 9.41. The van der Waals surface area contributed by atoms with Crippen LogP contribution in [0.1, 0.15) is 19.1 Å². The Hall–Kier alpha value is -0.800. The largest absolute Gasteiger partial charge is 0.469 e. The van der Waals surface area contributed by atoms with E-state index in [1.54, 1.807) is 6.26 Å². The Bertz CT molecular complexity index is 271. The molecule has 0 bridgehead atoms. The molecule has 1 atom stereocenters. The smallest absolute Gasteiger partial charge is 0.105 e. The Morgan fingerprint density at radius 1 is 1.60 bits per heavy atom. The van der Waals surface area contributed by atoms with Crippen LogP contribution in [0.4, 0.5) is 0 Å². The van der Waals surface area contributed by atoms with Crippen molar-refractivity contribution < 1.29 is 4.42 Å². The highest BCUT2D eigenvalue weighted by atomic mass is 16.3. The predicted octanol–water partition coefficient (Wildman–Crippen LogP) is 1.51. The summed E-state index contributed by atoms with van der Waals surface area (Å²) in [5, 5.41) is 3.50. The maximum atomic E-state index is 5.34. The van der Waals surface area contributed by atoms with E-state index in [9.17, 15) is 0 Å². The van der Waals surface area contributed by atoms with Crippen molar-refractivity contribution in [2.45, 2.75) is 25.8 Å². The number of nitrogens with zero attached hydrogens (tertiary/aromatic N) is 1. The van der Waals surface area contributed by atoms with Crippen LogP contribution in [-0.2, 0) is 6.42 Å². The molecule has 0 spiro atoms. The van der Waals surface area contributed by atoms with Gasteiger partial charge in [-0.25, -0.2) is 0 Å². The van der Waals surface area contributed by atoms with Crippen LogP contribution in [0, 0.1) is 0 Å². The molecule has 1 N–H and O–H groups in total. The molecule has 0 aromatic carbocycles. The van der Waals surface area contributed by atoms with E-state index in [4.69, 9.17) is 4.42 Å².